The van der Waals surface area contributed by atoms with Crippen LogP contribution in [0.5, 0.6) is 0 Å². The number of hydrogen-bond acceptors (Lipinski definition) is 1. The lowest BCUT2D eigenvalue weighted by Crippen LogP contribution is -2.53. The van der Waals surface area contributed by atoms with Crippen molar-refractivity contribution in [1.29, 1.82) is 0 Å². The van der Waals surface area contributed by atoms with Gasteiger partial charge in [-0.1, -0.05) is 6.58 Å². The van der Waals surface area contributed by atoms with Gasteiger partial charge in [-0.2, -0.15) is 0 Å². The third-order valence-electron chi connectivity index (χ3n) is 1.89. The summed E-state index contributed by atoms with van der Waals surface area (Å²) < 4.78 is 0.707. The van der Waals surface area contributed by atoms with Crippen LogP contribution in [-0.4, -0.2) is 37.7 Å². The fraction of sp³-hybridized carbons (Fsp3) is 0.667. The van der Waals surface area contributed by atoms with Crippen LogP contribution in [0, 0.1) is 0 Å². The summed E-state index contributed by atoms with van der Waals surface area (Å²) in [6.07, 6.45) is 0.106. The van der Waals surface area contributed by atoms with E-state index in [0.29, 0.717) is 10.1 Å². The normalized spacial score (nSPS) is 13.8. The Morgan fingerprint density at radius 2 is 1.83 bits per heavy atom. The van der Waals surface area contributed by atoms with E-state index < -0.39 is 0 Å². The fourth-order valence-electron chi connectivity index (χ4n) is 0.507. The molecule has 1 unspecified atom stereocenters. The molecule has 0 aliphatic heterocycles. The number of carbonyl (C=O) groups is 1. The van der Waals surface area contributed by atoms with E-state index in [2.05, 4.69) is 11.9 Å². The summed E-state index contributed by atoms with van der Waals surface area (Å²) in [6, 6.07) is 0. The van der Waals surface area contributed by atoms with E-state index in [1.54, 1.807) is 6.92 Å². The molecule has 0 aliphatic rings. The van der Waals surface area contributed by atoms with Gasteiger partial charge in [-0.15, -0.1) is 0 Å². The molecule has 0 fully saturated rings. The van der Waals surface area contributed by atoms with Crippen molar-refractivity contribution in [3.05, 3.63) is 12.2 Å². The van der Waals surface area contributed by atoms with Crippen molar-refractivity contribution in [2.75, 3.05) is 21.1 Å². The van der Waals surface area contributed by atoms with E-state index in [0.717, 1.165) is 0 Å². The van der Waals surface area contributed by atoms with E-state index >= 15 is 0 Å². The van der Waals surface area contributed by atoms with Crippen LogP contribution >= 0.6 is 0 Å². The Labute approximate surface area is 74.7 Å². The molecule has 1 amide bonds. The average molecular weight is 171 g/mol. The largest absolute Gasteiger partial charge is 0.312 e. The van der Waals surface area contributed by atoms with Crippen LogP contribution in [0.1, 0.15) is 13.8 Å². The Hall–Kier alpha value is -0.830. The molecule has 1 atom stereocenters. The molecule has 0 saturated heterocycles. The quantitative estimate of drug-likeness (QED) is 0.378. The third kappa shape index (κ3) is 3.53. The lowest BCUT2D eigenvalue weighted by Gasteiger charge is -2.31. The van der Waals surface area contributed by atoms with Gasteiger partial charge >= 0.3 is 0 Å². The number of carbonyl (C=O) groups excluding carboxylic acids is 1. The minimum atomic E-state index is -0.0736. The maximum atomic E-state index is 11.2. The highest BCUT2D eigenvalue weighted by Gasteiger charge is 2.19. The highest BCUT2D eigenvalue weighted by Crippen LogP contribution is 1.99. The van der Waals surface area contributed by atoms with Gasteiger partial charge in [-0.05, 0) is 6.92 Å². The van der Waals surface area contributed by atoms with Gasteiger partial charge in [0.2, 0.25) is 0 Å². The molecule has 0 aromatic heterocycles. The third-order valence-corrected chi connectivity index (χ3v) is 1.89. The van der Waals surface area contributed by atoms with E-state index in [1.807, 2.05) is 28.1 Å². The molecule has 3 heteroatoms. The second-order valence-electron chi connectivity index (χ2n) is 4.05. The van der Waals surface area contributed by atoms with Gasteiger partial charge in [-0.25, -0.2) is 0 Å². The molecule has 0 bridgehead atoms. The minimum Gasteiger partial charge on any atom is -0.312 e. The molecule has 0 heterocycles. The first-order valence-corrected chi connectivity index (χ1v) is 4.02. The first-order valence-electron chi connectivity index (χ1n) is 4.02. The van der Waals surface area contributed by atoms with E-state index in [1.165, 1.54) is 0 Å². The number of nitrogens with one attached hydrogen (secondary N) is 1. The Balaban J connectivity index is 4.11. The van der Waals surface area contributed by atoms with Crippen LogP contribution in [0.15, 0.2) is 12.2 Å². The molecule has 3 nitrogen and oxygen atoms in total. The van der Waals surface area contributed by atoms with Gasteiger partial charge in [0.25, 0.3) is 5.91 Å². The maximum Gasteiger partial charge on any atom is 0.250 e. The average Bonchev–Trinajstić information content (AvgIpc) is 1.85. The SMILES string of the molecule is C=C(C)C(=O)NC(C)[N+](C)(C)C. The minimum absolute atomic E-state index is 0.0736. The zero-order chi connectivity index (χ0) is 9.94. The van der Waals surface area contributed by atoms with Crippen molar-refractivity contribution in [3.8, 4) is 0 Å². The fourth-order valence-corrected chi connectivity index (χ4v) is 0.507. The first kappa shape index (κ1) is 11.2. The molecule has 0 spiro atoms. The Kier molecular flexibility index (Phi) is 3.46. The van der Waals surface area contributed by atoms with Gasteiger partial charge in [0.15, 0.2) is 6.17 Å². The van der Waals surface area contributed by atoms with E-state index in [9.17, 15) is 4.79 Å². The van der Waals surface area contributed by atoms with Gasteiger partial charge < -0.3 is 9.80 Å². The van der Waals surface area contributed by atoms with Gasteiger partial charge in [-0.3, -0.25) is 4.79 Å². The molecule has 0 saturated carbocycles. The summed E-state index contributed by atoms with van der Waals surface area (Å²) in [6.45, 7) is 7.25. The summed E-state index contributed by atoms with van der Waals surface area (Å²) in [7, 11) is 6.09. The number of hydrogen-bond donors (Lipinski definition) is 1. The lowest BCUT2D eigenvalue weighted by molar-refractivity contribution is -0.896. The van der Waals surface area contributed by atoms with Gasteiger partial charge in [0.1, 0.15) is 0 Å². The summed E-state index contributed by atoms with van der Waals surface area (Å²) in [5, 5.41) is 2.85. The molecule has 0 aliphatic carbocycles. The van der Waals surface area contributed by atoms with Gasteiger partial charge in [0.05, 0.1) is 21.1 Å². The van der Waals surface area contributed by atoms with Crippen molar-refractivity contribution >= 4 is 5.91 Å². The van der Waals surface area contributed by atoms with Crippen LogP contribution < -0.4 is 5.32 Å². The van der Waals surface area contributed by atoms with Crippen LogP contribution in [0.4, 0.5) is 0 Å². The number of nitrogens with zero attached hydrogens (tertiary/aromatic N) is 1. The van der Waals surface area contributed by atoms with Crippen molar-refractivity contribution in [1.82, 2.24) is 5.32 Å². The molecule has 0 aromatic rings. The van der Waals surface area contributed by atoms with Gasteiger partial charge in [0, 0.05) is 12.5 Å². The van der Waals surface area contributed by atoms with Crippen molar-refractivity contribution in [2.24, 2.45) is 0 Å². The zero-order valence-electron chi connectivity index (χ0n) is 8.64. The first-order chi connectivity index (χ1) is 5.25. The number of quaternary nitrogens is 1. The highest BCUT2D eigenvalue weighted by molar-refractivity contribution is 5.92. The molecule has 70 valence electrons. The molecule has 1 N–H and O–H groups in total. The predicted octanol–water partition coefficient (Wildman–Crippen LogP) is 0.731. The second kappa shape index (κ2) is 3.72. The number of rotatable bonds is 3. The van der Waals surface area contributed by atoms with Crippen molar-refractivity contribution in [3.63, 3.8) is 0 Å². The smallest absolute Gasteiger partial charge is 0.250 e. The molecular formula is C9H19N2O+. The number of amides is 1. The standard InChI is InChI=1S/C9H18N2O/c1-7(2)9(12)10-8(3)11(4,5)6/h8H,1H2,2-6H3/p+1. The Bertz CT molecular complexity index is 191. The van der Waals surface area contributed by atoms with E-state index in [4.69, 9.17) is 0 Å². The summed E-state index contributed by atoms with van der Waals surface area (Å²) in [4.78, 5) is 11.2. The molecular weight excluding hydrogens is 152 g/mol. The molecule has 0 rings (SSSR count). The highest BCUT2D eigenvalue weighted by atomic mass is 16.1. The van der Waals surface area contributed by atoms with Crippen LogP contribution in [0.3, 0.4) is 0 Å². The van der Waals surface area contributed by atoms with Crippen LogP contribution in [0.2, 0.25) is 0 Å². The monoisotopic (exact) mass is 171 g/mol. The lowest BCUT2D eigenvalue weighted by atomic mass is 10.3. The van der Waals surface area contributed by atoms with Crippen LogP contribution in [0.25, 0.3) is 0 Å². The molecule has 12 heavy (non-hydrogen) atoms. The Morgan fingerprint density at radius 1 is 1.42 bits per heavy atom. The van der Waals surface area contributed by atoms with E-state index in [-0.39, 0.29) is 12.1 Å². The van der Waals surface area contributed by atoms with Crippen molar-refractivity contribution < 1.29 is 9.28 Å². The molecule has 0 radical (unpaired) electrons. The summed E-state index contributed by atoms with van der Waals surface area (Å²) in [5.41, 5.74) is 0.551. The summed E-state index contributed by atoms with van der Waals surface area (Å²) >= 11 is 0. The summed E-state index contributed by atoms with van der Waals surface area (Å²) in [5.74, 6) is -0.0736. The van der Waals surface area contributed by atoms with Crippen LogP contribution in [-0.2, 0) is 4.79 Å². The topological polar surface area (TPSA) is 29.1 Å². The Morgan fingerprint density at radius 3 is 2.08 bits per heavy atom. The van der Waals surface area contributed by atoms with Crippen molar-refractivity contribution in [2.45, 2.75) is 20.0 Å². The predicted molar refractivity (Wildman–Crippen MR) is 50.5 cm³/mol. The second-order valence-corrected chi connectivity index (χ2v) is 4.05. The molecule has 0 aromatic carbocycles. The zero-order valence-corrected chi connectivity index (χ0v) is 8.64. The maximum absolute atomic E-state index is 11.2.